The van der Waals surface area contributed by atoms with Crippen molar-refractivity contribution in [3.05, 3.63) is 0 Å². The summed E-state index contributed by atoms with van der Waals surface area (Å²) in [5.74, 6) is 0.563. The van der Waals surface area contributed by atoms with E-state index in [2.05, 4.69) is 10.3 Å². The van der Waals surface area contributed by atoms with Gasteiger partial charge in [-0.1, -0.05) is 0 Å². The molecule has 86 valence electrons. The molecular formula is C10H18N2O3. The number of alkyl carbamates (subject to hydrolysis) is 1. The number of nitrogens with one attached hydrogen (secondary N) is 1. The topological polar surface area (TPSA) is 59.9 Å². The Bertz CT molecular complexity index is 268. The second-order valence-electron chi connectivity index (χ2n) is 4.54. The first-order valence-electron chi connectivity index (χ1n) is 5.03. The van der Waals surface area contributed by atoms with Crippen LogP contribution in [0.5, 0.6) is 0 Å². The van der Waals surface area contributed by atoms with Gasteiger partial charge in [-0.15, -0.1) is 0 Å². The minimum Gasteiger partial charge on any atom is -0.477 e. The highest BCUT2D eigenvalue weighted by Gasteiger charge is 2.18. The number of amides is 1. The molecule has 1 rings (SSSR count). The Hall–Kier alpha value is -1.26. The van der Waals surface area contributed by atoms with Crippen molar-refractivity contribution in [2.45, 2.75) is 39.3 Å². The fourth-order valence-electron chi connectivity index (χ4n) is 1.10. The Labute approximate surface area is 89.9 Å². The van der Waals surface area contributed by atoms with Gasteiger partial charge in [0.1, 0.15) is 12.2 Å². The molecule has 1 aliphatic heterocycles. The summed E-state index contributed by atoms with van der Waals surface area (Å²) in [6.07, 6.45) is -0.451. The second-order valence-corrected chi connectivity index (χ2v) is 4.54. The van der Waals surface area contributed by atoms with Crippen molar-refractivity contribution in [2.75, 3.05) is 13.2 Å². The van der Waals surface area contributed by atoms with Crippen molar-refractivity contribution in [1.29, 1.82) is 0 Å². The smallest absolute Gasteiger partial charge is 0.408 e. The zero-order valence-corrected chi connectivity index (χ0v) is 9.66. The zero-order chi connectivity index (χ0) is 11.5. The minimum atomic E-state index is -0.476. The highest BCUT2D eigenvalue weighted by Crippen LogP contribution is 2.06. The quantitative estimate of drug-likeness (QED) is 0.754. The minimum absolute atomic E-state index is 0.181. The van der Waals surface area contributed by atoms with Crippen molar-refractivity contribution in [1.82, 2.24) is 5.32 Å². The zero-order valence-electron chi connectivity index (χ0n) is 9.66. The molecule has 5 nitrogen and oxygen atoms in total. The second kappa shape index (κ2) is 4.51. The fraction of sp³-hybridized carbons (Fsp3) is 0.800. The van der Waals surface area contributed by atoms with E-state index in [-0.39, 0.29) is 6.04 Å². The first kappa shape index (κ1) is 11.8. The number of rotatable bonds is 2. The molecule has 0 saturated carbocycles. The van der Waals surface area contributed by atoms with Gasteiger partial charge in [0, 0.05) is 0 Å². The van der Waals surface area contributed by atoms with Crippen LogP contribution in [0, 0.1) is 0 Å². The maximum Gasteiger partial charge on any atom is 0.408 e. The molecule has 0 radical (unpaired) electrons. The van der Waals surface area contributed by atoms with Crippen molar-refractivity contribution in [3.63, 3.8) is 0 Å². The van der Waals surface area contributed by atoms with Crippen LogP contribution in [0.3, 0.4) is 0 Å². The van der Waals surface area contributed by atoms with Gasteiger partial charge in [-0.2, -0.15) is 0 Å². The van der Waals surface area contributed by atoms with Crippen LogP contribution in [-0.4, -0.2) is 36.8 Å². The van der Waals surface area contributed by atoms with E-state index in [1.807, 2.05) is 27.7 Å². The van der Waals surface area contributed by atoms with Gasteiger partial charge in [0.2, 0.25) is 5.90 Å². The third-order valence-electron chi connectivity index (χ3n) is 1.64. The maximum atomic E-state index is 11.3. The van der Waals surface area contributed by atoms with Crippen LogP contribution in [0.25, 0.3) is 0 Å². The average molecular weight is 214 g/mol. The van der Waals surface area contributed by atoms with Gasteiger partial charge < -0.3 is 14.8 Å². The van der Waals surface area contributed by atoms with Crippen LogP contribution in [0.15, 0.2) is 4.99 Å². The lowest BCUT2D eigenvalue weighted by Gasteiger charge is -2.19. The highest BCUT2D eigenvalue weighted by atomic mass is 16.6. The summed E-state index contributed by atoms with van der Waals surface area (Å²) in [5.41, 5.74) is -0.476. The Morgan fingerprint density at radius 3 is 2.80 bits per heavy atom. The predicted octanol–water partition coefficient (Wildman–Crippen LogP) is 1.33. The van der Waals surface area contributed by atoms with Gasteiger partial charge in [-0.05, 0) is 27.7 Å². The van der Waals surface area contributed by atoms with Crippen LogP contribution >= 0.6 is 0 Å². The van der Waals surface area contributed by atoms with Crippen LogP contribution in [0.1, 0.15) is 27.7 Å². The molecule has 0 spiro atoms. The molecule has 0 aromatic carbocycles. The van der Waals surface area contributed by atoms with E-state index >= 15 is 0 Å². The maximum absolute atomic E-state index is 11.3. The van der Waals surface area contributed by atoms with Crippen molar-refractivity contribution in [2.24, 2.45) is 4.99 Å². The van der Waals surface area contributed by atoms with Gasteiger partial charge in [0.25, 0.3) is 0 Å². The Morgan fingerprint density at radius 1 is 1.67 bits per heavy atom. The SMILES string of the molecule is CC1COC(CNC(=O)OC(C)(C)C)=N1. The van der Waals surface area contributed by atoms with Gasteiger partial charge in [0.05, 0.1) is 12.6 Å². The van der Waals surface area contributed by atoms with Crippen molar-refractivity contribution < 1.29 is 14.3 Å². The Kier molecular flexibility index (Phi) is 3.55. The summed E-state index contributed by atoms with van der Waals surface area (Å²) in [7, 11) is 0. The Balaban J connectivity index is 2.26. The van der Waals surface area contributed by atoms with E-state index in [0.29, 0.717) is 19.0 Å². The molecule has 0 fully saturated rings. The number of ether oxygens (including phenoxy) is 2. The summed E-state index contributed by atoms with van der Waals surface area (Å²) in [5, 5.41) is 2.58. The standard InChI is InChI=1S/C10H18N2O3/c1-7-6-14-8(12-7)5-11-9(13)15-10(2,3)4/h7H,5-6H2,1-4H3,(H,11,13). The average Bonchev–Trinajstić information content (AvgIpc) is 2.45. The molecule has 1 N–H and O–H groups in total. The fourth-order valence-corrected chi connectivity index (χ4v) is 1.10. The van der Waals surface area contributed by atoms with Crippen LogP contribution in [0.2, 0.25) is 0 Å². The summed E-state index contributed by atoms with van der Waals surface area (Å²) >= 11 is 0. The van der Waals surface area contributed by atoms with Gasteiger partial charge in [-0.3, -0.25) is 0 Å². The molecule has 1 unspecified atom stereocenters. The number of carbonyl (C=O) groups excluding carboxylic acids is 1. The largest absolute Gasteiger partial charge is 0.477 e. The normalized spacial score (nSPS) is 20.5. The molecular weight excluding hydrogens is 196 g/mol. The van der Waals surface area contributed by atoms with E-state index in [4.69, 9.17) is 9.47 Å². The lowest BCUT2D eigenvalue weighted by atomic mass is 10.2. The molecule has 0 bridgehead atoms. The molecule has 1 atom stereocenters. The molecule has 0 saturated heterocycles. The molecule has 15 heavy (non-hydrogen) atoms. The monoisotopic (exact) mass is 214 g/mol. The van der Waals surface area contributed by atoms with Crippen LogP contribution in [0.4, 0.5) is 4.79 Å². The number of carbonyl (C=O) groups is 1. The third kappa shape index (κ3) is 4.67. The highest BCUT2D eigenvalue weighted by molar-refractivity contribution is 5.83. The summed E-state index contributed by atoms with van der Waals surface area (Å²) in [4.78, 5) is 15.4. The van der Waals surface area contributed by atoms with E-state index in [1.165, 1.54) is 0 Å². The van der Waals surface area contributed by atoms with Crippen LogP contribution < -0.4 is 5.32 Å². The number of nitrogens with zero attached hydrogens (tertiary/aromatic N) is 1. The molecule has 0 aromatic rings. The van der Waals surface area contributed by atoms with Gasteiger partial charge in [-0.25, -0.2) is 9.79 Å². The van der Waals surface area contributed by atoms with E-state index in [0.717, 1.165) is 0 Å². The molecule has 5 heteroatoms. The van der Waals surface area contributed by atoms with E-state index < -0.39 is 11.7 Å². The summed E-state index contributed by atoms with van der Waals surface area (Å²) in [6.45, 7) is 8.29. The van der Waals surface area contributed by atoms with Crippen molar-refractivity contribution >= 4 is 12.0 Å². The van der Waals surface area contributed by atoms with E-state index in [9.17, 15) is 4.79 Å². The van der Waals surface area contributed by atoms with Gasteiger partial charge >= 0.3 is 6.09 Å². The number of aliphatic imine (C=N–C) groups is 1. The first-order chi connectivity index (χ1) is 6.87. The molecule has 0 aromatic heterocycles. The summed E-state index contributed by atoms with van der Waals surface area (Å²) in [6, 6.07) is 0.181. The summed E-state index contributed by atoms with van der Waals surface area (Å²) < 4.78 is 10.3. The number of hydrogen-bond donors (Lipinski definition) is 1. The molecule has 1 amide bonds. The molecule has 0 aliphatic carbocycles. The lowest BCUT2D eigenvalue weighted by molar-refractivity contribution is 0.0533. The lowest BCUT2D eigenvalue weighted by Crippen LogP contribution is -2.35. The Morgan fingerprint density at radius 2 is 2.33 bits per heavy atom. The molecule has 1 heterocycles. The third-order valence-corrected chi connectivity index (χ3v) is 1.64. The first-order valence-corrected chi connectivity index (χ1v) is 5.03. The molecule has 1 aliphatic rings. The number of hydrogen-bond acceptors (Lipinski definition) is 4. The van der Waals surface area contributed by atoms with Crippen molar-refractivity contribution in [3.8, 4) is 0 Å². The van der Waals surface area contributed by atoms with E-state index in [1.54, 1.807) is 0 Å². The predicted molar refractivity (Wildman–Crippen MR) is 57.1 cm³/mol. The van der Waals surface area contributed by atoms with Crippen LogP contribution in [-0.2, 0) is 9.47 Å². The van der Waals surface area contributed by atoms with Gasteiger partial charge in [0.15, 0.2) is 0 Å².